The van der Waals surface area contributed by atoms with Gasteiger partial charge in [0.25, 0.3) is 0 Å². The standard InChI is InChI=1S/C15H22N4O/c1-4-20-15(2,3)11-17-9-13-10-18-19-14(13)12-6-5-7-16-8-12/h5-8,10,17H,4,9,11H2,1-3H3,(H,18,19). The van der Waals surface area contributed by atoms with Crippen LogP contribution in [0.5, 0.6) is 0 Å². The van der Waals surface area contributed by atoms with Gasteiger partial charge in [0.15, 0.2) is 0 Å². The lowest BCUT2D eigenvalue weighted by Crippen LogP contribution is -2.37. The molecule has 0 aliphatic carbocycles. The Morgan fingerprint density at radius 2 is 2.20 bits per heavy atom. The summed E-state index contributed by atoms with van der Waals surface area (Å²) < 4.78 is 5.67. The molecule has 0 aliphatic rings. The van der Waals surface area contributed by atoms with Crippen molar-refractivity contribution >= 4 is 0 Å². The average molecular weight is 274 g/mol. The summed E-state index contributed by atoms with van der Waals surface area (Å²) >= 11 is 0. The maximum absolute atomic E-state index is 5.67. The van der Waals surface area contributed by atoms with Crippen LogP contribution in [0.15, 0.2) is 30.7 Å². The second-order valence-corrected chi connectivity index (χ2v) is 5.31. The molecule has 0 aromatic carbocycles. The summed E-state index contributed by atoms with van der Waals surface area (Å²) in [6.07, 6.45) is 5.45. The van der Waals surface area contributed by atoms with Crippen molar-refractivity contribution in [2.45, 2.75) is 32.9 Å². The predicted molar refractivity (Wildman–Crippen MR) is 79.2 cm³/mol. The summed E-state index contributed by atoms with van der Waals surface area (Å²) in [6.45, 7) is 8.44. The Kier molecular flexibility index (Phi) is 4.87. The molecule has 0 aliphatic heterocycles. The van der Waals surface area contributed by atoms with Gasteiger partial charge >= 0.3 is 0 Å². The minimum absolute atomic E-state index is 0.160. The molecule has 0 bridgehead atoms. The van der Waals surface area contributed by atoms with Gasteiger partial charge < -0.3 is 10.1 Å². The van der Waals surface area contributed by atoms with E-state index in [0.717, 1.165) is 36.5 Å². The highest BCUT2D eigenvalue weighted by Crippen LogP contribution is 2.19. The van der Waals surface area contributed by atoms with E-state index in [1.165, 1.54) is 0 Å². The molecule has 0 saturated carbocycles. The highest BCUT2D eigenvalue weighted by Gasteiger charge is 2.17. The first kappa shape index (κ1) is 14.7. The fourth-order valence-electron chi connectivity index (χ4n) is 2.15. The Hall–Kier alpha value is -1.72. The van der Waals surface area contributed by atoms with Gasteiger partial charge in [0.1, 0.15) is 0 Å². The average Bonchev–Trinajstić information content (AvgIpc) is 2.88. The Bertz CT molecular complexity index is 522. The second kappa shape index (κ2) is 6.63. The molecule has 0 unspecified atom stereocenters. The normalized spacial score (nSPS) is 11.8. The van der Waals surface area contributed by atoms with E-state index in [2.05, 4.69) is 34.3 Å². The van der Waals surface area contributed by atoms with Crippen LogP contribution in [-0.2, 0) is 11.3 Å². The van der Waals surface area contributed by atoms with Crippen molar-refractivity contribution in [1.82, 2.24) is 20.5 Å². The molecule has 5 nitrogen and oxygen atoms in total. The van der Waals surface area contributed by atoms with Gasteiger partial charge in [0.05, 0.1) is 17.5 Å². The molecule has 0 amide bonds. The summed E-state index contributed by atoms with van der Waals surface area (Å²) in [4.78, 5) is 4.14. The van der Waals surface area contributed by atoms with Crippen LogP contribution < -0.4 is 5.32 Å². The lowest BCUT2D eigenvalue weighted by atomic mass is 10.1. The molecule has 2 heterocycles. The van der Waals surface area contributed by atoms with Crippen molar-refractivity contribution in [1.29, 1.82) is 0 Å². The van der Waals surface area contributed by atoms with Gasteiger partial charge in [-0.25, -0.2) is 0 Å². The quantitative estimate of drug-likeness (QED) is 0.813. The third-order valence-corrected chi connectivity index (χ3v) is 3.07. The molecule has 0 atom stereocenters. The zero-order chi connectivity index (χ0) is 14.4. The molecular formula is C15H22N4O. The summed E-state index contributed by atoms with van der Waals surface area (Å²) in [6, 6.07) is 3.94. The maximum atomic E-state index is 5.67. The third-order valence-electron chi connectivity index (χ3n) is 3.07. The highest BCUT2D eigenvalue weighted by molar-refractivity contribution is 5.61. The molecule has 0 spiro atoms. The number of aromatic amines is 1. The molecule has 2 rings (SSSR count). The van der Waals surface area contributed by atoms with Gasteiger partial charge in [-0.05, 0) is 32.9 Å². The largest absolute Gasteiger partial charge is 0.375 e. The summed E-state index contributed by atoms with van der Waals surface area (Å²) in [5.41, 5.74) is 3.03. The topological polar surface area (TPSA) is 62.8 Å². The summed E-state index contributed by atoms with van der Waals surface area (Å²) in [5, 5.41) is 10.6. The van der Waals surface area contributed by atoms with E-state index in [-0.39, 0.29) is 5.60 Å². The van der Waals surface area contributed by atoms with Crippen molar-refractivity contribution in [3.8, 4) is 11.3 Å². The van der Waals surface area contributed by atoms with Crippen LogP contribution in [0.2, 0.25) is 0 Å². The maximum Gasteiger partial charge on any atom is 0.0750 e. The van der Waals surface area contributed by atoms with Gasteiger partial charge in [0, 0.05) is 43.2 Å². The van der Waals surface area contributed by atoms with Crippen LogP contribution in [0.1, 0.15) is 26.3 Å². The zero-order valence-corrected chi connectivity index (χ0v) is 12.3. The molecule has 108 valence electrons. The van der Waals surface area contributed by atoms with E-state index in [4.69, 9.17) is 4.74 Å². The second-order valence-electron chi connectivity index (χ2n) is 5.31. The minimum Gasteiger partial charge on any atom is -0.375 e. The predicted octanol–water partition coefficient (Wildman–Crippen LogP) is 2.38. The Labute approximate surface area is 119 Å². The Morgan fingerprint density at radius 3 is 2.90 bits per heavy atom. The highest BCUT2D eigenvalue weighted by atomic mass is 16.5. The molecule has 20 heavy (non-hydrogen) atoms. The zero-order valence-electron chi connectivity index (χ0n) is 12.3. The molecule has 2 aromatic heterocycles. The van der Waals surface area contributed by atoms with E-state index >= 15 is 0 Å². The lowest BCUT2D eigenvalue weighted by molar-refractivity contribution is -0.00897. The minimum atomic E-state index is -0.160. The summed E-state index contributed by atoms with van der Waals surface area (Å²) in [5.74, 6) is 0. The number of nitrogens with zero attached hydrogens (tertiary/aromatic N) is 2. The molecule has 2 aromatic rings. The van der Waals surface area contributed by atoms with E-state index < -0.39 is 0 Å². The molecule has 5 heteroatoms. The van der Waals surface area contributed by atoms with Crippen LogP contribution in [0.4, 0.5) is 0 Å². The van der Waals surface area contributed by atoms with Gasteiger partial charge in [-0.2, -0.15) is 5.10 Å². The Balaban J connectivity index is 1.97. The monoisotopic (exact) mass is 274 g/mol. The summed E-state index contributed by atoms with van der Waals surface area (Å²) in [7, 11) is 0. The first-order valence-corrected chi connectivity index (χ1v) is 6.90. The third kappa shape index (κ3) is 3.88. The number of pyridine rings is 1. The fourth-order valence-corrected chi connectivity index (χ4v) is 2.15. The number of hydrogen-bond acceptors (Lipinski definition) is 4. The first-order chi connectivity index (χ1) is 9.62. The SMILES string of the molecule is CCOC(C)(C)CNCc1cn[nH]c1-c1cccnc1. The van der Waals surface area contributed by atoms with Crippen molar-refractivity contribution in [3.05, 3.63) is 36.3 Å². The first-order valence-electron chi connectivity index (χ1n) is 6.90. The number of H-pyrrole nitrogens is 1. The van der Waals surface area contributed by atoms with E-state index in [1.807, 2.05) is 31.5 Å². The van der Waals surface area contributed by atoms with Gasteiger partial charge in [-0.15, -0.1) is 0 Å². The molecule has 0 saturated heterocycles. The molecule has 2 N–H and O–H groups in total. The number of ether oxygens (including phenoxy) is 1. The van der Waals surface area contributed by atoms with Crippen molar-refractivity contribution < 1.29 is 4.74 Å². The van der Waals surface area contributed by atoms with Crippen molar-refractivity contribution in [2.24, 2.45) is 0 Å². The molecular weight excluding hydrogens is 252 g/mol. The number of hydrogen-bond donors (Lipinski definition) is 2. The van der Waals surface area contributed by atoms with Crippen LogP contribution in [0.25, 0.3) is 11.3 Å². The van der Waals surface area contributed by atoms with Crippen LogP contribution in [-0.4, -0.2) is 33.9 Å². The fraction of sp³-hybridized carbons (Fsp3) is 0.467. The smallest absolute Gasteiger partial charge is 0.0750 e. The van der Waals surface area contributed by atoms with Crippen LogP contribution in [0, 0.1) is 0 Å². The molecule has 0 radical (unpaired) electrons. The van der Waals surface area contributed by atoms with Gasteiger partial charge in [-0.3, -0.25) is 10.1 Å². The molecule has 0 fully saturated rings. The van der Waals surface area contributed by atoms with Crippen molar-refractivity contribution in [3.63, 3.8) is 0 Å². The van der Waals surface area contributed by atoms with Crippen LogP contribution in [0.3, 0.4) is 0 Å². The van der Waals surface area contributed by atoms with Crippen molar-refractivity contribution in [2.75, 3.05) is 13.2 Å². The Morgan fingerprint density at radius 1 is 1.35 bits per heavy atom. The van der Waals surface area contributed by atoms with E-state index in [9.17, 15) is 0 Å². The van der Waals surface area contributed by atoms with E-state index in [1.54, 1.807) is 6.20 Å². The van der Waals surface area contributed by atoms with E-state index in [0.29, 0.717) is 0 Å². The van der Waals surface area contributed by atoms with Gasteiger partial charge in [0.2, 0.25) is 0 Å². The number of aromatic nitrogens is 3. The lowest BCUT2D eigenvalue weighted by Gasteiger charge is -2.25. The number of rotatable bonds is 7. The van der Waals surface area contributed by atoms with Gasteiger partial charge in [-0.1, -0.05) is 0 Å². The van der Waals surface area contributed by atoms with Crippen LogP contribution >= 0.6 is 0 Å². The number of nitrogens with one attached hydrogen (secondary N) is 2.